The van der Waals surface area contributed by atoms with Crippen LogP contribution in [0.2, 0.25) is 0 Å². The first kappa shape index (κ1) is 25.0. The molecule has 0 saturated carbocycles. The maximum Gasteiger partial charge on any atom is 0.257 e. The van der Waals surface area contributed by atoms with Gasteiger partial charge in [-0.25, -0.2) is 0 Å². The van der Waals surface area contributed by atoms with E-state index in [2.05, 4.69) is 28.1 Å². The van der Waals surface area contributed by atoms with Gasteiger partial charge in [0.1, 0.15) is 12.4 Å². The molecule has 3 aromatic rings. The molecule has 0 aromatic heterocycles. The minimum absolute atomic E-state index is 0.0392. The van der Waals surface area contributed by atoms with Crippen LogP contribution in [0.25, 0.3) is 0 Å². The fourth-order valence-electron chi connectivity index (χ4n) is 4.46. The van der Waals surface area contributed by atoms with Crippen LogP contribution in [0.15, 0.2) is 83.3 Å². The standard InChI is InChI=1S/C29H31BrN2O3/c1-31-17-9-10-18-32(28(33)20-23-13-5-7-15-26(23)30)24(19-22-11-3-2-4-12-22)21-35-27-16-8-6-14-25(27)29(31)34/h2-8,11-16,24H,9-10,17-21H2,1H3/t24-/m1/s1. The lowest BCUT2D eigenvalue weighted by molar-refractivity contribution is -0.133. The Morgan fingerprint density at radius 1 is 0.943 bits per heavy atom. The molecule has 6 heteroatoms. The summed E-state index contributed by atoms with van der Waals surface area (Å²) >= 11 is 3.58. The van der Waals surface area contributed by atoms with Crippen molar-refractivity contribution < 1.29 is 14.3 Å². The van der Waals surface area contributed by atoms with Gasteiger partial charge in [0.05, 0.1) is 18.0 Å². The minimum Gasteiger partial charge on any atom is -0.491 e. The van der Waals surface area contributed by atoms with Gasteiger partial charge in [-0.2, -0.15) is 0 Å². The first-order chi connectivity index (χ1) is 17.0. The molecule has 0 unspecified atom stereocenters. The largest absolute Gasteiger partial charge is 0.491 e. The fraction of sp³-hybridized carbons (Fsp3) is 0.310. The molecule has 0 spiro atoms. The van der Waals surface area contributed by atoms with E-state index in [1.807, 2.05) is 78.7 Å². The number of rotatable bonds is 4. The lowest BCUT2D eigenvalue weighted by atomic mass is 10.0. The highest BCUT2D eigenvalue weighted by molar-refractivity contribution is 9.10. The molecular weight excluding hydrogens is 504 g/mol. The Labute approximate surface area is 215 Å². The lowest BCUT2D eigenvalue weighted by Crippen LogP contribution is -2.46. The third kappa shape index (κ3) is 6.51. The second-order valence-electron chi connectivity index (χ2n) is 8.94. The zero-order valence-electron chi connectivity index (χ0n) is 20.0. The van der Waals surface area contributed by atoms with Gasteiger partial charge in [0.15, 0.2) is 0 Å². The van der Waals surface area contributed by atoms with Crippen LogP contribution in [0.3, 0.4) is 0 Å². The predicted molar refractivity (Wildman–Crippen MR) is 142 cm³/mol. The predicted octanol–water partition coefficient (Wildman–Crippen LogP) is 5.38. The van der Waals surface area contributed by atoms with Gasteiger partial charge in [-0.05, 0) is 48.6 Å². The number of carbonyl (C=O) groups excluding carboxylic acids is 2. The third-order valence-electron chi connectivity index (χ3n) is 6.41. The summed E-state index contributed by atoms with van der Waals surface area (Å²) in [5.41, 5.74) is 2.68. The van der Waals surface area contributed by atoms with E-state index in [1.165, 1.54) is 0 Å². The van der Waals surface area contributed by atoms with Crippen LogP contribution in [0.1, 0.15) is 34.3 Å². The van der Waals surface area contributed by atoms with E-state index in [9.17, 15) is 9.59 Å². The Hall–Kier alpha value is -3.12. The summed E-state index contributed by atoms with van der Waals surface area (Å²) in [6.45, 7) is 1.56. The summed E-state index contributed by atoms with van der Waals surface area (Å²) in [7, 11) is 1.82. The highest BCUT2D eigenvalue weighted by Gasteiger charge is 2.27. The van der Waals surface area contributed by atoms with Crippen molar-refractivity contribution in [2.45, 2.75) is 31.7 Å². The van der Waals surface area contributed by atoms with Gasteiger partial charge in [-0.15, -0.1) is 0 Å². The third-order valence-corrected chi connectivity index (χ3v) is 7.19. The molecule has 1 heterocycles. The quantitative estimate of drug-likeness (QED) is 0.451. The van der Waals surface area contributed by atoms with E-state index >= 15 is 0 Å². The zero-order chi connectivity index (χ0) is 24.6. The Morgan fingerprint density at radius 2 is 1.63 bits per heavy atom. The van der Waals surface area contributed by atoms with Crippen molar-refractivity contribution in [2.75, 3.05) is 26.7 Å². The van der Waals surface area contributed by atoms with Crippen LogP contribution in [-0.2, 0) is 17.6 Å². The average Bonchev–Trinajstić information content (AvgIpc) is 2.87. The molecule has 3 aromatic carbocycles. The Kier molecular flexibility index (Phi) is 8.59. The molecule has 1 aliphatic heterocycles. The number of benzene rings is 3. The summed E-state index contributed by atoms with van der Waals surface area (Å²) in [6, 6.07) is 25.3. The van der Waals surface area contributed by atoms with E-state index in [1.54, 1.807) is 4.90 Å². The van der Waals surface area contributed by atoms with Crippen LogP contribution >= 0.6 is 15.9 Å². The molecule has 0 bridgehead atoms. The number of hydrogen-bond acceptors (Lipinski definition) is 3. The fourth-order valence-corrected chi connectivity index (χ4v) is 4.88. The Balaban J connectivity index is 1.65. The maximum absolute atomic E-state index is 13.7. The van der Waals surface area contributed by atoms with Gasteiger partial charge >= 0.3 is 0 Å². The Morgan fingerprint density at radius 3 is 2.43 bits per heavy atom. The highest BCUT2D eigenvalue weighted by atomic mass is 79.9. The summed E-state index contributed by atoms with van der Waals surface area (Å²) in [5, 5.41) is 0. The molecule has 1 atom stereocenters. The number of para-hydroxylation sites is 1. The highest BCUT2D eigenvalue weighted by Crippen LogP contribution is 2.23. The van der Waals surface area contributed by atoms with E-state index in [4.69, 9.17) is 4.74 Å². The molecule has 35 heavy (non-hydrogen) atoms. The Bertz CT molecular complexity index is 1150. The molecule has 0 fully saturated rings. The normalized spacial score (nSPS) is 17.1. The van der Waals surface area contributed by atoms with Crippen molar-refractivity contribution in [1.82, 2.24) is 9.80 Å². The van der Waals surface area contributed by atoms with Crippen molar-refractivity contribution >= 4 is 27.7 Å². The van der Waals surface area contributed by atoms with Gasteiger partial charge in [0.2, 0.25) is 5.91 Å². The monoisotopic (exact) mass is 534 g/mol. The summed E-state index contributed by atoms with van der Waals surface area (Å²) < 4.78 is 7.21. The molecule has 4 rings (SSSR count). The average molecular weight is 535 g/mol. The minimum atomic E-state index is -0.160. The topological polar surface area (TPSA) is 49.9 Å². The van der Waals surface area contributed by atoms with E-state index in [0.717, 1.165) is 28.4 Å². The molecule has 1 aliphatic rings. The molecular formula is C29H31BrN2O3. The number of fused-ring (bicyclic) bond motifs is 1. The molecule has 2 amide bonds. The van der Waals surface area contributed by atoms with Crippen LogP contribution in [0.5, 0.6) is 5.75 Å². The summed E-state index contributed by atoms with van der Waals surface area (Å²) in [5.74, 6) is 0.597. The van der Waals surface area contributed by atoms with Gasteiger partial charge in [0, 0.05) is 24.6 Å². The van der Waals surface area contributed by atoms with Crippen molar-refractivity contribution in [3.63, 3.8) is 0 Å². The van der Waals surface area contributed by atoms with Gasteiger partial charge in [0.25, 0.3) is 5.91 Å². The SMILES string of the molecule is CN1CCCCN(C(=O)Cc2ccccc2Br)[C@H](Cc2ccccc2)COc2ccccc2C1=O. The van der Waals surface area contributed by atoms with Crippen LogP contribution < -0.4 is 4.74 Å². The molecule has 0 radical (unpaired) electrons. The number of carbonyl (C=O) groups is 2. The van der Waals surface area contributed by atoms with Crippen molar-refractivity contribution in [2.24, 2.45) is 0 Å². The molecule has 0 saturated heterocycles. The number of halogens is 1. The summed E-state index contributed by atoms with van der Waals surface area (Å²) in [4.78, 5) is 30.4. The van der Waals surface area contributed by atoms with Crippen molar-refractivity contribution in [1.29, 1.82) is 0 Å². The molecule has 182 valence electrons. The van der Waals surface area contributed by atoms with E-state index in [-0.39, 0.29) is 17.9 Å². The van der Waals surface area contributed by atoms with Gasteiger partial charge < -0.3 is 14.5 Å². The second-order valence-corrected chi connectivity index (χ2v) is 9.79. The van der Waals surface area contributed by atoms with Crippen LogP contribution in [0.4, 0.5) is 0 Å². The number of ether oxygens (including phenoxy) is 1. The van der Waals surface area contributed by atoms with E-state index in [0.29, 0.717) is 43.9 Å². The van der Waals surface area contributed by atoms with E-state index < -0.39 is 0 Å². The van der Waals surface area contributed by atoms with Gasteiger partial charge in [-0.3, -0.25) is 9.59 Å². The number of hydrogen-bond donors (Lipinski definition) is 0. The first-order valence-corrected chi connectivity index (χ1v) is 12.9. The van der Waals surface area contributed by atoms with Crippen LogP contribution in [0, 0.1) is 0 Å². The smallest absolute Gasteiger partial charge is 0.257 e. The van der Waals surface area contributed by atoms with Crippen molar-refractivity contribution in [3.8, 4) is 5.75 Å². The zero-order valence-corrected chi connectivity index (χ0v) is 21.6. The molecule has 5 nitrogen and oxygen atoms in total. The maximum atomic E-state index is 13.7. The second kappa shape index (κ2) is 12.0. The van der Waals surface area contributed by atoms with Crippen LogP contribution in [-0.4, -0.2) is 54.4 Å². The first-order valence-electron chi connectivity index (χ1n) is 12.1. The molecule has 0 aliphatic carbocycles. The lowest BCUT2D eigenvalue weighted by Gasteiger charge is -2.33. The molecule has 0 N–H and O–H groups in total. The summed E-state index contributed by atoms with van der Waals surface area (Å²) in [6.07, 6.45) is 2.63. The number of amides is 2. The van der Waals surface area contributed by atoms with Gasteiger partial charge in [-0.1, -0.05) is 76.6 Å². The van der Waals surface area contributed by atoms with Crippen molar-refractivity contribution in [3.05, 3.63) is 100 Å². The number of nitrogens with zero attached hydrogens (tertiary/aromatic N) is 2.